The second kappa shape index (κ2) is 7.43. The van der Waals surface area contributed by atoms with Gasteiger partial charge in [-0.1, -0.05) is 27.5 Å². The number of ether oxygens (including phenoxy) is 1. The van der Waals surface area contributed by atoms with Crippen molar-refractivity contribution in [3.63, 3.8) is 0 Å². The molecule has 0 saturated carbocycles. The molecule has 2 aromatic carbocycles. The van der Waals surface area contributed by atoms with E-state index in [0.717, 1.165) is 4.47 Å². The first-order valence-corrected chi connectivity index (χ1v) is 7.35. The van der Waals surface area contributed by atoms with Crippen molar-refractivity contribution in [2.24, 2.45) is 0 Å². The molecule has 0 heterocycles. The van der Waals surface area contributed by atoms with E-state index in [1.165, 1.54) is 18.2 Å². The van der Waals surface area contributed by atoms with Crippen LogP contribution in [0, 0.1) is 5.82 Å². The van der Waals surface area contributed by atoms with E-state index >= 15 is 0 Å². The van der Waals surface area contributed by atoms with Gasteiger partial charge in [0.1, 0.15) is 18.2 Å². The van der Waals surface area contributed by atoms with Crippen LogP contribution < -0.4 is 10.1 Å². The predicted molar refractivity (Wildman–Crippen MR) is 83.4 cm³/mol. The maximum atomic E-state index is 12.9. The summed E-state index contributed by atoms with van der Waals surface area (Å²) in [6.45, 7) is 0.566. The zero-order valence-corrected chi connectivity index (χ0v) is 13.2. The van der Waals surface area contributed by atoms with Crippen molar-refractivity contribution in [3.05, 3.63) is 63.3 Å². The lowest BCUT2D eigenvalue weighted by Crippen LogP contribution is -2.28. The van der Waals surface area contributed by atoms with Crippen LogP contribution in [0.15, 0.2) is 46.9 Å². The Morgan fingerprint density at radius 1 is 1.24 bits per heavy atom. The van der Waals surface area contributed by atoms with Gasteiger partial charge in [0.05, 0.1) is 11.6 Å². The van der Waals surface area contributed by atoms with Gasteiger partial charge in [0.2, 0.25) is 0 Å². The number of carbonyl (C=O) groups excluding carboxylic acids is 1. The summed E-state index contributed by atoms with van der Waals surface area (Å²) in [6.07, 6.45) is 0. The van der Waals surface area contributed by atoms with Crippen LogP contribution in [0.2, 0.25) is 5.02 Å². The maximum Gasteiger partial charge on any atom is 0.251 e. The quantitative estimate of drug-likeness (QED) is 0.804. The van der Waals surface area contributed by atoms with Crippen molar-refractivity contribution in [2.45, 2.75) is 0 Å². The van der Waals surface area contributed by atoms with Crippen molar-refractivity contribution in [3.8, 4) is 5.75 Å². The number of rotatable bonds is 5. The van der Waals surface area contributed by atoms with E-state index in [0.29, 0.717) is 17.9 Å². The van der Waals surface area contributed by atoms with Gasteiger partial charge in [0.15, 0.2) is 0 Å². The number of halogens is 3. The van der Waals surface area contributed by atoms with Gasteiger partial charge >= 0.3 is 0 Å². The number of hydrogen-bond donors (Lipinski definition) is 1. The number of carbonyl (C=O) groups is 1. The number of benzene rings is 2. The molecule has 0 saturated heterocycles. The van der Waals surface area contributed by atoms with Crippen LogP contribution >= 0.6 is 27.5 Å². The van der Waals surface area contributed by atoms with Crippen LogP contribution in [0.25, 0.3) is 0 Å². The Morgan fingerprint density at radius 2 is 1.95 bits per heavy atom. The average molecular weight is 373 g/mol. The van der Waals surface area contributed by atoms with Crippen LogP contribution in [0.5, 0.6) is 5.75 Å². The Hall–Kier alpha value is -1.59. The highest BCUT2D eigenvalue weighted by Gasteiger charge is 2.06. The first kappa shape index (κ1) is 15.8. The predicted octanol–water partition coefficient (Wildman–Crippen LogP) is 4.05. The first-order chi connectivity index (χ1) is 10.1. The third-order valence-corrected chi connectivity index (χ3v) is 3.47. The highest BCUT2D eigenvalue weighted by atomic mass is 79.9. The number of hydrogen-bond acceptors (Lipinski definition) is 2. The molecule has 0 aliphatic carbocycles. The van der Waals surface area contributed by atoms with Gasteiger partial charge in [0.25, 0.3) is 5.91 Å². The van der Waals surface area contributed by atoms with Crippen LogP contribution in [0.1, 0.15) is 10.4 Å². The standard InChI is InChI=1S/C15H12BrClFNO2/c16-11-3-1-10(2-4-11)15(20)19-7-8-21-14-6-5-12(18)9-13(14)17/h1-6,9H,7-8H2,(H,19,20). The Morgan fingerprint density at radius 3 is 2.62 bits per heavy atom. The van der Waals surface area contributed by atoms with E-state index in [1.54, 1.807) is 24.3 Å². The highest BCUT2D eigenvalue weighted by Crippen LogP contribution is 2.24. The summed E-state index contributed by atoms with van der Waals surface area (Å²) in [5, 5.41) is 2.93. The molecule has 21 heavy (non-hydrogen) atoms. The van der Waals surface area contributed by atoms with Crippen LogP contribution in [0.3, 0.4) is 0 Å². The molecule has 2 aromatic rings. The molecule has 1 amide bonds. The summed E-state index contributed by atoms with van der Waals surface area (Å²) < 4.78 is 19.1. The van der Waals surface area contributed by atoms with Gasteiger partial charge in [-0.15, -0.1) is 0 Å². The Bertz CT molecular complexity index is 634. The van der Waals surface area contributed by atoms with Crippen molar-refractivity contribution in [1.29, 1.82) is 0 Å². The van der Waals surface area contributed by atoms with E-state index in [9.17, 15) is 9.18 Å². The summed E-state index contributed by atoms with van der Waals surface area (Å²) in [5.41, 5.74) is 0.568. The summed E-state index contributed by atoms with van der Waals surface area (Å²) in [6, 6.07) is 10.9. The monoisotopic (exact) mass is 371 g/mol. The summed E-state index contributed by atoms with van der Waals surface area (Å²) in [4.78, 5) is 11.8. The van der Waals surface area contributed by atoms with Crippen LogP contribution in [0.4, 0.5) is 4.39 Å². The molecule has 0 unspecified atom stereocenters. The minimum Gasteiger partial charge on any atom is -0.490 e. The fourth-order valence-corrected chi connectivity index (χ4v) is 2.11. The average Bonchev–Trinajstić information content (AvgIpc) is 2.46. The van der Waals surface area contributed by atoms with Crippen LogP contribution in [-0.4, -0.2) is 19.1 Å². The fraction of sp³-hybridized carbons (Fsp3) is 0.133. The normalized spacial score (nSPS) is 10.2. The Labute approximate surface area is 135 Å². The molecule has 2 rings (SSSR count). The van der Waals surface area contributed by atoms with Gasteiger partial charge in [-0.2, -0.15) is 0 Å². The molecule has 0 aromatic heterocycles. The van der Waals surface area contributed by atoms with Gasteiger partial charge in [-0.3, -0.25) is 4.79 Å². The molecule has 0 atom stereocenters. The molecular formula is C15H12BrClFNO2. The molecular weight excluding hydrogens is 361 g/mol. The third-order valence-electron chi connectivity index (χ3n) is 2.65. The molecule has 110 valence electrons. The van der Waals surface area contributed by atoms with E-state index < -0.39 is 5.82 Å². The summed E-state index contributed by atoms with van der Waals surface area (Å²) in [7, 11) is 0. The van der Waals surface area contributed by atoms with Crippen LogP contribution in [-0.2, 0) is 0 Å². The minimum absolute atomic E-state index is 0.184. The lowest BCUT2D eigenvalue weighted by Gasteiger charge is -2.09. The summed E-state index contributed by atoms with van der Waals surface area (Å²) >= 11 is 9.13. The lowest BCUT2D eigenvalue weighted by molar-refractivity contribution is 0.0947. The van der Waals surface area contributed by atoms with Gasteiger partial charge < -0.3 is 10.1 Å². The number of nitrogens with one attached hydrogen (secondary N) is 1. The van der Waals surface area contributed by atoms with Gasteiger partial charge in [-0.05, 0) is 42.5 Å². The maximum absolute atomic E-state index is 12.9. The molecule has 6 heteroatoms. The minimum atomic E-state index is -0.420. The largest absolute Gasteiger partial charge is 0.490 e. The smallest absolute Gasteiger partial charge is 0.251 e. The molecule has 0 aliphatic rings. The van der Waals surface area contributed by atoms with Crippen molar-refractivity contribution in [1.82, 2.24) is 5.32 Å². The highest BCUT2D eigenvalue weighted by molar-refractivity contribution is 9.10. The Balaban J connectivity index is 1.79. The third kappa shape index (κ3) is 4.72. The van der Waals surface area contributed by atoms with Crippen molar-refractivity contribution in [2.75, 3.05) is 13.2 Å². The molecule has 1 N–H and O–H groups in total. The summed E-state index contributed by atoms with van der Waals surface area (Å²) in [5.74, 6) is -0.219. The molecule has 0 fully saturated rings. The first-order valence-electron chi connectivity index (χ1n) is 6.18. The Kier molecular flexibility index (Phi) is 5.59. The van der Waals surface area contributed by atoms with E-state index in [4.69, 9.17) is 16.3 Å². The zero-order valence-electron chi connectivity index (χ0n) is 10.9. The second-order valence-electron chi connectivity index (χ2n) is 4.19. The van der Waals surface area contributed by atoms with Crippen molar-refractivity contribution >= 4 is 33.4 Å². The molecule has 0 radical (unpaired) electrons. The topological polar surface area (TPSA) is 38.3 Å². The number of amides is 1. The fourth-order valence-electron chi connectivity index (χ4n) is 1.62. The van der Waals surface area contributed by atoms with E-state index in [1.807, 2.05) is 0 Å². The molecule has 0 aliphatic heterocycles. The van der Waals surface area contributed by atoms with Gasteiger partial charge in [-0.25, -0.2) is 4.39 Å². The zero-order chi connectivity index (χ0) is 15.2. The molecule has 0 spiro atoms. The lowest BCUT2D eigenvalue weighted by atomic mass is 10.2. The molecule has 3 nitrogen and oxygen atoms in total. The van der Waals surface area contributed by atoms with Gasteiger partial charge in [0, 0.05) is 10.0 Å². The molecule has 0 bridgehead atoms. The van der Waals surface area contributed by atoms with Crippen molar-refractivity contribution < 1.29 is 13.9 Å². The SMILES string of the molecule is O=C(NCCOc1ccc(F)cc1Cl)c1ccc(Br)cc1. The van der Waals surface area contributed by atoms with E-state index in [2.05, 4.69) is 21.2 Å². The van der Waals surface area contributed by atoms with E-state index in [-0.39, 0.29) is 17.5 Å². The second-order valence-corrected chi connectivity index (χ2v) is 5.51.